The molecule has 0 bridgehead atoms. The molecule has 3 rings (SSSR count). The molecule has 0 radical (unpaired) electrons. The van der Waals surface area contributed by atoms with Gasteiger partial charge in [-0.1, -0.05) is 54.6 Å². The zero-order valence-electron chi connectivity index (χ0n) is 9.01. The van der Waals surface area contributed by atoms with E-state index in [0.29, 0.717) is 0 Å². The van der Waals surface area contributed by atoms with Gasteiger partial charge in [-0.25, -0.2) is 0 Å². The van der Waals surface area contributed by atoms with Gasteiger partial charge in [0.1, 0.15) is 0 Å². The number of rotatable bonds is 1. The van der Waals surface area contributed by atoms with E-state index in [2.05, 4.69) is 22.6 Å². The van der Waals surface area contributed by atoms with Crippen LogP contribution in [0.3, 0.4) is 0 Å². The van der Waals surface area contributed by atoms with Crippen molar-refractivity contribution >= 4 is 46.4 Å². The fraction of sp³-hybridized carbons (Fsp3) is 0. The normalized spacial score (nSPS) is 22.1. The van der Waals surface area contributed by atoms with Gasteiger partial charge < -0.3 is 4.57 Å². The van der Waals surface area contributed by atoms with Crippen molar-refractivity contribution in [2.75, 3.05) is 0 Å². The Kier molecular flexibility index (Phi) is 2.72. The summed E-state index contributed by atoms with van der Waals surface area (Å²) in [5, 5.41) is 1.89. The second kappa shape index (κ2) is 4.11. The molecule has 1 aliphatic rings. The van der Waals surface area contributed by atoms with Crippen LogP contribution in [0.2, 0.25) is 0 Å². The lowest BCUT2D eigenvalue weighted by Crippen LogP contribution is -2.14. The van der Waals surface area contributed by atoms with Crippen LogP contribution in [0, 0.1) is 0 Å². The number of hydrogen-bond acceptors (Lipinski definition) is 1. The maximum atomic E-state index is 13.3. The fourth-order valence-electron chi connectivity index (χ4n) is 2.13. The molecule has 0 fully saturated rings. The summed E-state index contributed by atoms with van der Waals surface area (Å²) in [6.45, 7) is 0. The molecule has 0 N–H and O–H groups in total. The van der Waals surface area contributed by atoms with Crippen molar-refractivity contribution in [2.24, 2.45) is 0 Å². The minimum Gasteiger partial charge on any atom is -0.308 e. The van der Waals surface area contributed by atoms with Gasteiger partial charge in [-0.05, 0) is 34.2 Å². The van der Waals surface area contributed by atoms with Crippen molar-refractivity contribution in [1.29, 1.82) is 0 Å². The smallest absolute Gasteiger partial charge is 0.177 e. The average Bonchev–Trinajstić information content (AvgIpc) is 2.64. The van der Waals surface area contributed by atoms with Crippen LogP contribution < -0.4 is 10.6 Å². The van der Waals surface area contributed by atoms with Crippen molar-refractivity contribution < 1.29 is 4.57 Å². The van der Waals surface area contributed by atoms with Gasteiger partial charge in [-0.15, -0.1) is 0 Å². The third-order valence-corrected chi connectivity index (χ3v) is 8.16. The molecule has 84 valence electrons. The summed E-state index contributed by atoms with van der Waals surface area (Å²) in [5.41, 5.74) is 1.09. The molecule has 1 nitrogen and oxygen atoms in total. The summed E-state index contributed by atoms with van der Waals surface area (Å²) in [6, 6.07) is 17.7. The first kappa shape index (κ1) is 11.2. The quantitative estimate of drug-likeness (QED) is 0.565. The minimum atomic E-state index is -2.56. The van der Waals surface area contributed by atoms with Gasteiger partial charge >= 0.3 is 0 Å². The van der Waals surface area contributed by atoms with Crippen LogP contribution in [0.5, 0.6) is 0 Å². The van der Waals surface area contributed by atoms with Gasteiger partial charge in [0, 0.05) is 10.6 Å². The lowest BCUT2D eigenvalue weighted by Gasteiger charge is -2.14. The van der Waals surface area contributed by atoms with E-state index in [4.69, 9.17) is 0 Å². The highest BCUT2D eigenvalue weighted by Gasteiger charge is 2.36. The van der Waals surface area contributed by atoms with Crippen LogP contribution >= 0.6 is 29.7 Å². The fourth-order valence-corrected chi connectivity index (χ4v) is 6.55. The van der Waals surface area contributed by atoms with Crippen LogP contribution in [0.15, 0.2) is 57.9 Å². The second-order valence-electron chi connectivity index (χ2n) is 3.97. The molecule has 0 saturated heterocycles. The number of benzene rings is 2. The van der Waals surface area contributed by atoms with Gasteiger partial charge in [0.05, 0.1) is 3.32 Å². The number of halogens is 1. The first-order valence-electron chi connectivity index (χ1n) is 5.36. The van der Waals surface area contributed by atoms with Crippen molar-refractivity contribution in [1.82, 2.24) is 0 Å². The van der Waals surface area contributed by atoms with Gasteiger partial charge in [0.2, 0.25) is 0 Å². The predicted octanol–water partition coefficient (Wildman–Crippen LogP) is 3.75. The summed E-state index contributed by atoms with van der Waals surface area (Å²) in [6.07, 6.45) is 2.03. The van der Waals surface area contributed by atoms with Crippen molar-refractivity contribution in [3.05, 3.63) is 63.5 Å². The third kappa shape index (κ3) is 1.62. The topological polar surface area (TPSA) is 17.1 Å². The van der Waals surface area contributed by atoms with Gasteiger partial charge in [-0.3, -0.25) is 0 Å². The van der Waals surface area contributed by atoms with Crippen LogP contribution in [0.1, 0.15) is 5.56 Å². The van der Waals surface area contributed by atoms with Gasteiger partial charge in [-0.2, -0.15) is 0 Å². The molecule has 0 aliphatic carbocycles. The second-order valence-corrected chi connectivity index (χ2v) is 8.68. The SMILES string of the molecule is O=P1(c2ccccc2)C(I)=Cc2ccccc21. The molecule has 0 saturated carbocycles. The lowest BCUT2D eigenvalue weighted by molar-refractivity contribution is 0.592. The molecule has 17 heavy (non-hydrogen) atoms. The van der Waals surface area contributed by atoms with E-state index in [1.807, 2.05) is 60.7 Å². The molecule has 1 atom stereocenters. The number of fused-ring (bicyclic) bond motifs is 1. The summed E-state index contributed by atoms with van der Waals surface area (Å²) in [5.74, 6) is 0. The largest absolute Gasteiger partial charge is 0.308 e. The molecular weight excluding hydrogens is 342 g/mol. The minimum absolute atomic E-state index is 0.922. The molecule has 2 aromatic carbocycles. The summed E-state index contributed by atoms with van der Waals surface area (Å²) in [7, 11) is -2.56. The molecule has 0 spiro atoms. The summed E-state index contributed by atoms with van der Waals surface area (Å²) in [4.78, 5) is 0. The molecule has 2 aromatic rings. The Bertz CT molecular complexity index is 646. The molecule has 1 heterocycles. The molecular formula is C14H10IOP. The third-order valence-electron chi connectivity index (χ3n) is 2.97. The molecule has 1 unspecified atom stereocenters. The van der Waals surface area contributed by atoms with E-state index >= 15 is 0 Å². The average molecular weight is 352 g/mol. The Balaban J connectivity index is 2.29. The maximum absolute atomic E-state index is 13.3. The molecule has 3 heteroatoms. The lowest BCUT2D eigenvalue weighted by atomic mass is 10.2. The highest BCUT2D eigenvalue weighted by atomic mass is 127. The van der Waals surface area contributed by atoms with Crippen LogP contribution in [-0.4, -0.2) is 0 Å². The van der Waals surface area contributed by atoms with Crippen molar-refractivity contribution in [3.8, 4) is 0 Å². The number of hydrogen-bond donors (Lipinski definition) is 0. The van der Waals surface area contributed by atoms with E-state index < -0.39 is 7.14 Å². The highest BCUT2D eigenvalue weighted by Crippen LogP contribution is 2.59. The van der Waals surface area contributed by atoms with Crippen LogP contribution in [-0.2, 0) is 4.57 Å². The predicted molar refractivity (Wildman–Crippen MR) is 81.8 cm³/mol. The standard InChI is InChI=1S/C14H10IOP/c15-14-10-11-6-4-5-9-13(11)17(14,16)12-7-2-1-3-8-12/h1-10H. The first-order chi connectivity index (χ1) is 8.23. The molecule has 1 aliphatic heterocycles. The summed E-state index contributed by atoms with van der Waals surface area (Å²) >= 11 is 2.21. The highest BCUT2D eigenvalue weighted by molar-refractivity contribution is 14.1. The first-order valence-corrected chi connectivity index (χ1v) is 8.14. The Morgan fingerprint density at radius 3 is 2.29 bits per heavy atom. The van der Waals surface area contributed by atoms with Crippen LogP contribution in [0.4, 0.5) is 0 Å². The van der Waals surface area contributed by atoms with E-state index in [1.165, 1.54) is 0 Å². The van der Waals surface area contributed by atoms with Crippen molar-refractivity contribution in [3.63, 3.8) is 0 Å². The Morgan fingerprint density at radius 1 is 0.882 bits per heavy atom. The van der Waals surface area contributed by atoms with E-state index in [-0.39, 0.29) is 0 Å². The van der Waals surface area contributed by atoms with E-state index in [9.17, 15) is 4.57 Å². The van der Waals surface area contributed by atoms with E-state index in [0.717, 1.165) is 19.5 Å². The molecule has 0 aromatic heterocycles. The Labute approximate surface area is 114 Å². The molecule has 0 amide bonds. The van der Waals surface area contributed by atoms with Crippen molar-refractivity contribution in [2.45, 2.75) is 0 Å². The van der Waals surface area contributed by atoms with Crippen LogP contribution in [0.25, 0.3) is 6.08 Å². The monoisotopic (exact) mass is 352 g/mol. The summed E-state index contributed by atoms with van der Waals surface area (Å²) < 4.78 is 14.2. The maximum Gasteiger partial charge on any atom is 0.177 e. The van der Waals surface area contributed by atoms with Gasteiger partial charge in [0.15, 0.2) is 7.14 Å². The van der Waals surface area contributed by atoms with E-state index in [1.54, 1.807) is 0 Å². The zero-order valence-corrected chi connectivity index (χ0v) is 12.1. The Hall–Kier alpha value is -0.860. The Morgan fingerprint density at radius 2 is 1.53 bits per heavy atom. The zero-order chi connectivity index (χ0) is 11.9. The van der Waals surface area contributed by atoms with Gasteiger partial charge in [0.25, 0.3) is 0 Å².